The molecule has 2 aliphatic heterocycles. The van der Waals surface area contributed by atoms with Crippen LogP contribution >= 0.6 is 0 Å². The van der Waals surface area contributed by atoms with Crippen LogP contribution in [0.15, 0.2) is 12.2 Å². The van der Waals surface area contributed by atoms with Gasteiger partial charge in [0.1, 0.15) is 6.54 Å². The summed E-state index contributed by atoms with van der Waals surface area (Å²) in [6.45, 7) is 4.72. The van der Waals surface area contributed by atoms with E-state index in [0.29, 0.717) is 25.9 Å². The average molecular weight is 306 g/mol. The normalized spacial score (nSPS) is 35.0. The molecule has 0 saturated carbocycles. The van der Waals surface area contributed by atoms with E-state index in [4.69, 9.17) is 4.74 Å². The Balaban J connectivity index is 1.66. The van der Waals surface area contributed by atoms with Crippen LogP contribution in [0, 0.1) is 11.8 Å². The molecule has 2 fully saturated rings. The van der Waals surface area contributed by atoms with Gasteiger partial charge in [-0.25, -0.2) is 0 Å². The van der Waals surface area contributed by atoms with E-state index < -0.39 is 0 Å². The Hall–Kier alpha value is -1.69. The van der Waals surface area contributed by atoms with Crippen LogP contribution in [0.5, 0.6) is 0 Å². The second kappa shape index (κ2) is 5.83. The number of likely N-dealkylation sites (tertiary alicyclic amines) is 1. The molecule has 1 aliphatic carbocycles. The number of carbonyl (C=O) groups is 3. The summed E-state index contributed by atoms with van der Waals surface area (Å²) < 4.78 is 5.61. The van der Waals surface area contributed by atoms with Crippen molar-refractivity contribution in [2.24, 2.45) is 11.8 Å². The van der Waals surface area contributed by atoms with Gasteiger partial charge in [0.2, 0.25) is 17.7 Å². The first-order valence-corrected chi connectivity index (χ1v) is 7.91. The zero-order valence-electron chi connectivity index (χ0n) is 13.0. The van der Waals surface area contributed by atoms with Gasteiger partial charge >= 0.3 is 0 Å². The minimum absolute atomic E-state index is 0.0236. The first kappa shape index (κ1) is 15.2. The molecule has 120 valence electrons. The summed E-state index contributed by atoms with van der Waals surface area (Å²) >= 11 is 0. The van der Waals surface area contributed by atoms with E-state index in [1.54, 1.807) is 4.90 Å². The molecule has 2 heterocycles. The molecule has 0 unspecified atom stereocenters. The van der Waals surface area contributed by atoms with Gasteiger partial charge in [0.15, 0.2) is 0 Å². The van der Waals surface area contributed by atoms with Gasteiger partial charge in [-0.15, -0.1) is 0 Å². The zero-order valence-corrected chi connectivity index (χ0v) is 13.0. The van der Waals surface area contributed by atoms with Gasteiger partial charge in [0, 0.05) is 13.1 Å². The number of hydrogen-bond donors (Lipinski definition) is 0. The summed E-state index contributed by atoms with van der Waals surface area (Å²) in [4.78, 5) is 40.1. The summed E-state index contributed by atoms with van der Waals surface area (Å²) in [5.41, 5.74) is 0. The lowest BCUT2D eigenvalue weighted by Crippen LogP contribution is -2.51. The third kappa shape index (κ3) is 2.67. The number of imide groups is 1. The first-order chi connectivity index (χ1) is 10.5. The van der Waals surface area contributed by atoms with Crippen LogP contribution in [0.1, 0.15) is 26.7 Å². The second-order valence-electron chi connectivity index (χ2n) is 6.47. The number of rotatable bonds is 2. The average Bonchev–Trinajstić information content (AvgIpc) is 2.72. The lowest BCUT2D eigenvalue weighted by Gasteiger charge is -2.35. The minimum atomic E-state index is -0.271. The topological polar surface area (TPSA) is 66.9 Å². The maximum atomic E-state index is 12.5. The smallest absolute Gasteiger partial charge is 0.242 e. The Morgan fingerprint density at radius 3 is 2.09 bits per heavy atom. The van der Waals surface area contributed by atoms with E-state index >= 15 is 0 Å². The van der Waals surface area contributed by atoms with Crippen LogP contribution in [0.2, 0.25) is 0 Å². The number of carbonyl (C=O) groups excluding carboxylic acids is 3. The number of fused-ring (bicyclic) bond motifs is 1. The standard InChI is InChI=1S/C16H22N2O4/c1-10-7-17(8-11(2)22-10)14(19)9-18-15(20)12-5-3-4-6-13(12)16(18)21/h3-4,10-13H,5-9H2,1-2H3/t10-,11-,12-,13-/m1/s1. The van der Waals surface area contributed by atoms with Gasteiger partial charge in [-0.05, 0) is 26.7 Å². The van der Waals surface area contributed by atoms with Crippen LogP contribution in [0.3, 0.4) is 0 Å². The zero-order chi connectivity index (χ0) is 15.9. The van der Waals surface area contributed by atoms with Crippen molar-refractivity contribution >= 4 is 17.7 Å². The first-order valence-electron chi connectivity index (χ1n) is 7.91. The van der Waals surface area contributed by atoms with Crippen LogP contribution < -0.4 is 0 Å². The summed E-state index contributed by atoms with van der Waals surface area (Å²) in [5, 5.41) is 0. The van der Waals surface area contributed by atoms with E-state index in [1.807, 2.05) is 26.0 Å². The van der Waals surface area contributed by atoms with Crippen LogP contribution in [-0.2, 0) is 19.1 Å². The third-order valence-corrected chi connectivity index (χ3v) is 4.66. The molecule has 0 spiro atoms. The predicted molar refractivity (Wildman–Crippen MR) is 78.7 cm³/mol. The molecular weight excluding hydrogens is 284 g/mol. The molecule has 0 aromatic rings. The number of hydrogen-bond acceptors (Lipinski definition) is 4. The Kier molecular flexibility index (Phi) is 4.04. The Labute approximate surface area is 130 Å². The molecule has 0 aromatic heterocycles. The minimum Gasteiger partial charge on any atom is -0.372 e. The van der Waals surface area contributed by atoms with Gasteiger partial charge in [-0.2, -0.15) is 0 Å². The maximum absolute atomic E-state index is 12.5. The predicted octanol–water partition coefficient (Wildman–Crippen LogP) is 0.573. The number of allylic oxidation sites excluding steroid dienone is 2. The second-order valence-corrected chi connectivity index (χ2v) is 6.47. The maximum Gasteiger partial charge on any atom is 0.242 e. The molecule has 3 rings (SSSR count). The molecule has 22 heavy (non-hydrogen) atoms. The highest BCUT2D eigenvalue weighted by molar-refractivity contribution is 6.07. The lowest BCUT2D eigenvalue weighted by atomic mass is 9.85. The van der Waals surface area contributed by atoms with Crippen molar-refractivity contribution in [2.45, 2.75) is 38.9 Å². The quantitative estimate of drug-likeness (QED) is 0.553. The number of amides is 3. The molecule has 3 aliphatic rings. The van der Waals surface area contributed by atoms with Crippen molar-refractivity contribution in [3.05, 3.63) is 12.2 Å². The summed E-state index contributed by atoms with van der Waals surface area (Å²) in [6, 6.07) is 0. The van der Waals surface area contributed by atoms with Crippen molar-refractivity contribution in [3.63, 3.8) is 0 Å². The van der Waals surface area contributed by atoms with Crippen molar-refractivity contribution in [1.29, 1.82) is 0 Å². The monoisotopic (exact) mass is 306 g/mol. The van der Waals surface area contributed by atoms with E-state index in [-0.39, 0.29) is 48.3 Å². The number of nitrogens with zero attached hydrogens (tertiary/aromatic N) is 2. The van der Waals surface area contributed by atoms with Gasteiger partial charge in [-0.1, -0.05) is 12.2 Å². The van der Waals surface area contributed by atoms with Gasteiger partial charge in [0.05, 0.1) is 24.0 Å². The number of ether oxygens (including phenoxy) is 1. The van der Waals surface area contributed by atoms with Crippen LogP contribution in [0.4, 0.5) is 0 Å². The highest BCUT2D eigenvalue weighted by atomic mass is 16.5. The molecule has 2 saturated heterocycles. The van der Waals surface area contributed by atoms with Crippen molar-refractivity contribution in [1.82, 2.24) is 9.80 Å². The molecule has 4 atom stereocenters. The van der Waals surface area contributed by atoms with E-state index in [2.05, 4.69) is 0 Å². The molecule has 0 aromatic carbocycles. The molecular formula is C16H22N2O4. The SMILES string of the molecule is C[C@@H]1CN(C(=O)CN2C(=O)[C@@H]3CC=CC[C@H]3C2=O)C[C@@H](C)O1. The highest BCUT2D eigenvalue weighted by Gasteiger charge is 2.48. The van der Waals surface area contributed by atoms with Crippen LogP contribution in [-0.4, -0.2) is 59.4 Å². The molecule has 6 nitrogen and oxygen atoms in total. The van der Waals surface area contributed by atoms with Gasteiger partial charge in [0.25, 0.3) is 0 Å². The largest absolute Gasteiger partial charge is 0.372 e. The fourth-order valence-electron chi connectivity index (χ4n) is 3.64. The van der Waals surface area contributed by atoms with Crippen molar-refractivity contribution < 1.29 is 19.1 Å². The molecule has 6 heteroatoms. The van der Waals surface area contributed by atoms with Crippen LogP contribution in [0.25, 0.3) is 0 Å². The summed E-state index contributed by atoms with van der Waals surface area (Å²) in [6.07, 6.45) is 5.05. The van der Waals surface area contributed by atoms with E-state index in [0.717, 1.165) is 4.90 Å². The van der Waals surface area contributed by atoms with Crippen molar-refractivity contribution in [2.75, 3.05) is 19.6 Å². The Morgan fingerprint density at radius 2 is 1.59 bits per heavy atom. The Bertz CT molecular complexity index is 494. The van der Waals surface area contributed by atoms with E-state index in [1.165, 1.54) is 0 Å². The van der Waals surface area contributed by atoms with Gasteiger partial charge < -0.3 is 9.64 Å². The van der Waals surface area contributed by atoms with E-state index in [9.17, 15) is 14.4 Å². The number of morpholine rings is 1. The Morgan fingerprint density at radius 1 is 1.09 bits per heavy atom. The summed E-state index contributed by atoms with van der Waals surface area (Å²) in [5.74, 6) is -1.10. The molecule has 3 amide bonds. The van der Waals surface area contributed by atoms with Crippen molar-refractivity contribution in [3.8, 4) is 0 Å². The molecule has 0 bridgehead atoms. The lowest BCUT2D eigenvalue weighted by molar-refractivity contribution is -0.151. The highest BCUT2D eigenvalue weighted by Crippen LogP contribution is 2.34. The fourth-order valence-corrected chi connectivity index (χ4v) is 3.64. The fraction of sp³-hybridized carbons (Fsp3) is 0.688. The third-order valence-electron chi connectivity index (χ3n) is 4.66. The van der Waals surface area contributed by atoms with Gasteiger partial charge in [-0.3, -0.25) is 19.3 Å². The molecule has 0 radical (unpaired) electrons. The summed E-state index contributed by atoms with van der Waals surface area (Å²) in [7, 11) is 0. The molecule has 0 N–H and O–H groups in total.